The normalized spacial score (nSPS) is 15.9. The van der Waals surface area contributed by atoms with Crippen molar-refractivity contribution < 1.29 is 9.90 Å². The number of carbonyl (C=O) groups is 1. The zero-order valence-electron chi connectivity index (χ0n) is 13.1. The second kappa shape index (κ2) is 8.06. The topological polar surface area (TPSA) is 40.5 Å². The van der Waals surface area contributed by atoms with Crippen molar-refractivity contribution in [2.45, 2.75) is 51.9 Å². The monoisotopic (exact) mass is 289 g/mol. The lowest BCUT2D eigenvalue weighted by atomic mass is 9.87. The summed E-state index contributed by atoms with van der Waals surface area (Å²) in [7, 11) is 0. The molecule has 0 heterocycles. The summed E-state index contributed by atoms with van der Waals surface area (Å²) in [6, 6.07) is 8.29. The van der Waals surface area contributed by atoms with Crippen LogP contribution in [-0.2, 0) is 4.79 Å². The minimum absolute atomic E-state index is 0.207. The van der Waals surface area contributed by atoms with Crippen molar-refractivity contribution in [1.29, 1.82) is 0 Å². The molecule has 3 nitrogen and oxygen atoms in total. The van der Waals surface area contributed by atoms with E-state index < -0.39 is 5.97 Å². The van der Waals surface area contributed by atoms with Gasteiger partial charge in [-0.15, -0.1) is 0 Å². The number of carboxylic acid groups (broad SMARTS) is 1. The summed E-state index contributed by atoms with van der Waals surface area (Å²) >= 11 is 0. The van der Waals surface area contributed by atoms with Crippen LogP contribution in [0.1, 0.15) is 50.5 Å². The van der Waals surface area contributed by atoms with E-state index in [0.717, 1.165) is 12.5 Å². The lowest BCUT2D eigenvalue weighted by Gasteiger charge is -2.29. The van der Waals surface area contributed by atoms with Gasteiger partial charge in [0.1, 0.15) is 0 Å². The Labute approximate surface area is 128 Å². The summed E-state index contributed by atoms with van der Waals surface area (Å²) in [4.78, 5) is 13.2. The third-order valence-corrected chi connectivity index (χ3v) is 4.58. The number of para-hydroxylation sites is 1. The molecule has 1 fully saturated rings. The fourth-order valence-electron chi connectivity index (χ4n) is 3.32. The van der Waals surface area contributed by atoms with E-state index in [1.165, 1.54) is 49.8 Å². The minimum Gasteiger partial charge on any atom is -0.481 e. The number of hydrogen-bond donors (Lipinski definition) is 1. The molecule has 1 N–H and O–H groups in total. The molecule has 1 saturated carbocycles. The predicted molar refractivity (Wildman–Crippen MR) is 86.8 cm³/mol. The van der Waals surface area contributed by atoms with Crippen LogP contribution in [0.2, 0.25) is 0 Å². The van der Waals surface area contributed by atoms with Gasteiger partial charge in [0, 0.05) is 18.8 Å². The van der Waals surface area contributed by atoms with E-state index in [2.05, 4.69) is 24.0 Å². The van der Waals surface area contributed by atoms with Crippen LogP contribution in [0.15, 0.2) is 24.3 Å². The molecule has 0 atom stereocenters. The third kappa shape index (κ3) is 5.07. The molecule has 1 aliphatic rings. The van der Waals surface area contributed by atoms with Crippen LogP contribution in [0.5, 0.6) is 0 Å². The summed E-state index contributed by atoms with van der Waals surface area (Å²) in [6.07, 6.45) is 8.21. The highest BCUT2D eigenvalue weighted by atomic mass is 16.4. The average molecular weight is 289 g/mol. The Morgan fingerprint density at radius 3 is 2.57 bits per heavy atom. The van der Waals surface area contributed by atoms with Crippen molar-refractivity contribution in [3.63, 3.8) is 0 Å². The molecule has 1 aromatic carbocycles. The highest BCUT2D eigenvalue weighted by Gasteiger charge is 2.16. The molecule has 0 unspecified atom stereocenters. The summed E-state index contributed by atoms with van der Waals surface area (Å²) in [5.74, 6) is 0.112. The molecule has 3 heteroatoms. The number of hydrogen-bond acceptors (Lipinski definition) is 2. The Balaban J connectivity index is 1.97. The third-order valence-electron chi connectivity index (χ3n) is 4.58. The van der Waals surface area contributed by atoms with E-state index in [9.17, 15) is 4.79 Å². The Kier molecular flexibility index (Phi) is 6.09. The quantitative estimate of drug-likeness (QED) is 0.816. The molecule has 21 heavy (non-hydrogen) atoms. The lowest BCUT2D eigenvalue weighted by Crippen LogP contribution is -2.29. The second-order valence-electron chi connectivity index (χ2n) is 6.21. The molecular weight excluding hydrogens is 262 g/mol. The van der Waals surface area contributed by atoms with Crippen LogP contribution >= 0.6 is 0 Å². The maximum atomic E-state index is 10.9. The summed E-state index contributed by atoms with van der Waals surface area (Å²) < 4.78 is 0. The van der Waals surface area contributed by atoms with E-state index in [0.29, 0.717) is 6.54 Å². The number of benzene rings is 1. The van der Waals surface area contributed by atoms with Crippen LogP contribution in [0.4, 0.5) is 5.69 Å². The molecule has 1 aliphatic carbocycles. The highest BCUT2D eigenvalue weighted by Crippen LogP contribution is 2.28. The molecule has 0 aliphatic heterocycles. The van der Waals surface area contributed by atoms with Gasteiger partial charge in [0.25, 0.3) is 0 Å². The first-order chi connectivity index (χ1) is 10.2. The zero-order chi connectivity index (χ0) is 15.1. The first-order valence-electron chi connectivity index (χ1n) is 8.19. The van der Waals surface area contributed by atoms with Gasteiger partial charge < -0.3 is 10.0 Å². The predicted octanol–water partition coefficient (Wildman–Crippen LogP) is 4.25. The van der Waals surface area contributed by atoms with Crippen LogP contribution in [0, 0.1) is 12.8 Å². The molecule has 2 rings (SSSR count). The maximum Gasteiger partial charge on any atom is 0.305 e. The van der Waals surface area contributed by atoms with Gasteiger partial charge in [-0.05, 0) is 30.9 Å². The summed E-state index contributed by atoms with van der Waals surface area (Å²) in [5.41, 5.74) is 2.42. The number of anilines is 1. The molecule has 0 saturated heterocycles. The fourth-order valence-corrected chi connectivity index (χ4v) is 3.32. The van der Waals surface area contributed by atoms with Gasteiger partial charge in [-0.3, -0.25) is 4.79 Å². The van der Waals surface area contributed by atoms with E-state index in [4.69, 9.17) is 5.11 Å². The van der Waals surface area contributed by atoms with Gasteiger partial charge in [-0.1, -0.05) is 50.3 Å². The van der Waals surface area contributed by atoms with Gasteiger partial charge in [0.05, 0.1) is 6.42 Å². The Bertz CT molecular complexity index is 452. The van der Waals surface area contributed by atoms with Crippen molar-refractivity contribution in [2.75, 3.05) is 18.0 Å². The lowest BCUT2D eigenvalue weighted by molar-refractivity contribution is -0.136. The van der Waals surface area contributed by atoms with Crippen molar-refractivity contribution in [1.82, 2.24) is 0 Å². The molecule has 116 valence electrons. The van der Waals surface area contributed by atoms with E-state index in [1.54, 1.807) is 0 Å². The van der Waals surface area contributed by atoms with Crippen molar-refractivity contribution in [2.24, 2.45) is 5.92 Å². The number of nitrogens with zero attached hydrogens (tertiary/aromatic N) is 1. The van der Waals surface area contributed by atoms with Crippen LogP contribution < -0.4 is 4.90 Å². The van der Waals surface area contributed by atoms with E-state index in [-0.39, 0.29) is 6.42 Å². The molecule has 1 aromatic rings. The molecule has 0 spiro atoms. The smallest absolute Gasteiger partial charge is 0.305 e. The van der Waals surface area contributed by atoms with Crippen molar-refractivity contribution >= 4 is 11.7 Å². The first-order valence-corrected chi connectivity index (χ1v) is 8.19. The average Bonchev–Trinajstić information content (AvgIpc) is 2.49. The van der Waals surface area contributed by atoms with Gasteiger partial charge in [-0.2, -0.15) is 0 Å². The summed E-state index contributed by atoms with van der Waals surface area (Å²) in [5, 5.41) is 8.97. The van der Waals surface area contributed by atoms with Gasteiger partial charge in [0.15, 0.2) is 0 Å². The Morgan fingerprint density at radius 1 is 1.19 bits per heavy atom. The fraction of sp³-hybridized carbons (Fsp3) is 0.611. The Morgan fingerprint density at radius 2 is 1.90 bits per heavy atom. The maximum absolute atomic E-state index is 10.9. The highest BCUT2D eigenvalue weighted by molar-refractivity contribution is 5.68. The van der Waals surface area contributed by atoms with Gasteiger partial charge >= 0.3 is 5.97 Å². The van der Waals surface area contributed by atoms with Crippen LogP contribution in [0.3, 0.4) is 0 Å². The zero-order valence-corrected chi connectivity index (χ0v) is 13.1. The number of carboxylic acids is 1. The van der Waals surface area contributed by atoms with Crippen molar-refractivity contribution in [3.8, 4) is 0 Å². The Hall–Kier alpha value is -1.51. The van der Waals surface area contributed by atoms with Crippen molar-refractivity contribution in [3.05, 3.63) is 29.8 Å². The summed E-state index contributed by atoms with van der Waals surface area (Å²) in [6.45, 7) is 3.68. The van der Waals surface area contributed by atoms with Gasteiger partial charge in [0.2, 0.25) is 0 Å². The first kappa shape index (κ1) is 15.9. The minimum atomic E-state index is -0.716. The number of rotatable bonds is 7. The van der Waals surface area contributed by atoms with Gasteiger partial charge in [-0.25, -0.2) is 0 Å². The molecular formula is C18H27NO2. The second-order valence-corrected chi connectivity index (χ2v) is 6.21. The molecule has 0 aromatic heterocycles. The standard InChI is InChI=1S/C18H27NO2/c1-15-7-5-6-10-17(15)19(14-12-18(20)21)13-11-16-8-3-2-4-9-16/h5-7,10,16H,2-4,8-9,11-14H2,1H3,(H,20,21). The largest absolute Gasteiger partial charge is 0.481 e. The number of aliphatic carboxylic acids is 1. The molecule has 0 bridgehead atoms. The molecule has 0 radical (unpaired) electrons. The van der Waals surface area contributed by atoms with E-state index in [1.807, 2.05) is 12.1 Å². The number of aryl methyl sites for hydroxylation is 1. The van der Waals surface area contributed by atoms with Crippen LogP contribution in [0.25, 0.3) is 0 Å². The van der Waals surface area contributed by atoms with Crippen LogP contribution in [-0.4, -0.2) is 24.2 Å². The van der Waals surface area contributed by atoms with E-state index >= 15 is 0 Å². The SMILES string of the molecule is Cc1ccccc1N(CCC(=O)O)CCC1CCCCC1. The molecule has 0 amide bonds.